The third-order valence-electron chi connectivity index (χ3n) is 3.15. The first kappa shape index (κ1) is 12.3. The van der Waals surface area contributed by atoms with Crippen molar-refractivity contribution in [1.29, 1.82) is 0 Å². The van der Waals surface area contributed by atoms with Gasteiger partial charge in [-0.25, -0.2) is 4.79 Å². The van der Waals surface area contributed by atoms with E-state index in [1.165, 1.54) is 6.42 Å². The molecule has 1 rings (SSSR count). The van der Waals surface area contributed by atoms with E-state index in [0.29, 0.717) is 6.04 Å². The molecule has 0 aliphatic carbocycles. The minimum absolute atomic E-state index is 0.161. The van der Waals surface area contributed by atoms with Gasteiger partial charge in [-0.3, -0.25) is 0 Å². The molecule has 88 valence electrons. The molecular formula is C11H23N3O. The minimum atomic E-state index is 0.161. The summed E-state index contributed by atoms with van der Waals surface area (Å²) in [6.45, 7) is 7.65. The van der Waals surface area contributed by atoms with Gasteiger partial charge in [0, 0.05) is 32.7 Å². The summed E-state index contributed by atoms with van der Waals surface area (Å²) < 4.78 is 0. The number of hydrogen-bond donors (Lipinski definition) is 1. The van der Waals surface area contributed by atoms with Crippen LogP contribution in [0.2, 0.25) is 0 Å². The van der Waals surface area contributed by atoms with E-state index in [0.717, 1.165) is 32.6 Å². The van der Waals surface area contributed by atoms with E-state index in [2.05, 4.69) is 5.32 Å². The van der Waals surface area contributed by atoms with Crippen molar-refractivity contribution in [2.45, 2.75) is 32.7 Å². The summed E-state index contributed by atoms with van der Waals surface area (Å²) in [6.07, 6.45) is 2.29. The van der Waals surface area contributed by atoms with E-state index >= 15 is 0 Å². The average molecular weight is 213 g/mol. The minimum Gasteiger partial charge on any atom is -0.325 e. The lowest BCUT2D eigenvalue weighted by molar-refractivity contribution is 0.142. The van der Waals surface area contributed by atoms with Crippen LogP contribution in [0.25, 0.3) is 0 Å². The van der Waals surface area contributed by atoms with Gasteiger partial charge in [0.05, 0.1) is 0 Å². The molecule has 0 radical (unpaired) electrons. The quantitative estimate of drug-likeness (QED) is 0.763. The lowest BCUT2D eigenvalue weighted by atomic mass is 10.1. The number of urea groups is 1. The highest BCUT2D eigenvalue weighted by Gasteiger charge is 2.24. The van der Waals surface area contributed by atoms with E-state index in [1.54, 1.807) is 0 Å². The van der Waals surface area contributed by atoms with E-state index in [-0.39, 0.29) is 6.03 Å². The summed E-state index contributed by atoms with van der Waals surface area (Å²) in [4.78, 5) is 15.8. The van der Waals surface area contributed by atoms with Crippen molar-refractivity contribution in [3.05, 3.63) is 0 Å². The van der Waals surface area contributed by atoms with Gasteiger partial charge < -0.3 is 15.1 Å². The third kappa shape index (κ3) is 3.09. The van der Waals surface area contributed by atoms with Crippen molar-refractivity contribution in [3.8, 4) is 0 Å². The average Bonchev–Trinajstić information content (AvgIpc) is 2.30. The zero-order valence-corrected chi connectivity index (χ0v) is 10.1. The number of carbonyl (C=O) groups excluding carboxylic acids is 1. The van der Waals surface area contributed by atoms with Crippen LogP contribution < -0.4 is 5.32 Å². The Labute approximate surface area is 92.6 Å². The van der Waals surface area contributed by atoms with E-state index < -0.39 is 0 Å². The first-order valence-electron chi connectivity index (χ1n) is 5.93. The summed E-state index contributed by atoms with van der Waals surface area (Å²) in [5.74, 6) is 0. The maximum atomic E-state index is 12.0. The zero-order chi connectivity index (χ0) is 11.3. The number of nitrogens with one attached hydrogen (secondary N) is 1. The molecule has 0 spiro atoms. The van der Waals surface area contributed by atoms with E-state index in [1.807, 2.05) is 30.7 Å². The number of hydrogen-bond acceptors (Lipinski definition) is 2. The molecule has 1 N–H and O–H groups in total. The number of rotatable bonds is 3. The van der Waals surface area contributed by atoms with Gasteiger partial charge in [0.1, 0.15) is 0 Å². The number of nitrogens with zero attached hydrogens (tertiary/aromatic N) is 2. The standard InChI is InChI=1S/C11H23N3O/c1-4-14(5-2)11(15)13(3)10-7-6-8-12-9-10/h10,12H,4-9H2,1-3H3/t10-/m0/s1. The SMILES string of the molecule is CCN(CC)C(=O)N(C)[C@H]1CCCNC1. The molecule has 0 aromatic heterocycles. The van der Waals surface area contributed by atoms with Gasteiger partial charge in [-0.2, -0.15) is 0 Å². The van der Waals surface area contributed by atoms with Crippen LogP contribution >= 0.6 is 0 Å². The summed E-state index contributed by atoms with van der Waals surface area (Å²) in [5, 5.41) is 3.33. The zero-order valence-electron chi connectivity index (χ0n) is 10.1. The first-order chi connectivity index (χ1) is 7.20. The Morgan fingerprint density at radius 1 is 1.40 bits per heavy atom. The molecule has 0 aromatic rings. The molecule has 4 heteroatoms. The van der Waals surface area contributed by atoms with Gasteiger partial charge in [-0.1, -0.05) is 0 Å². The normalized spacial score (nSPS) is 21.1. The second-order valence-electron chi connectivity index (χ2n) is 4.07. The molecule has 1 heterocycles. The van der Waals surface area contributed by atoms with E-state index in [4.69, 9.17) is 0 Å². The van der Waals surface area contributed by atoms with Crippen LogP contribution in [0.1, 0.15) is 26.7 Å². The first-order valence-corrected chi connectivity index (χ1v) is 5.93. The molecule has 1 aliphatic heterocycles. The predicted molar refractivity (Wildman–Crippen MR) is 62.0 cm³/mol. The van der Waals surface area contributed by atoms with Crippen molar-refractivity contribution < 1.29 is 4.79 Å². The lowest BCUT2D eigenvalue weighted by Crippen LogP contribution is -2.51. The molecule has 2 amide bonds. The second-order valence-corrected chi connectivity index (χ2v) is 4.07. The Balaban J connectivity index is 2.49. The molecule has 1 atom stereocenters. The molecule has 1 fully saturated rings. The molecule has 0 unspecified atom stereocenters. The van der Waals surface area contributed by atoms with Crippen LogP contribution in [-0.2, 0) is 0 Å². The van der Waals surface area contributed by atoms with Gasteiger partial charge in [0.15, 0.2) is 0 Å². The van der Waals surface area contributed by atoms with Crippen LogP contribution in [0.15, 0.2) is 0 Å². The fourth-order valence-corrected chi connectivity index (χ4v) is 2.04. The van der Waals surface area contributed by atoms with Crippen LogP contribution in [-0.4, -0.2) is 55.1 Å². The van der Waals surface area contributed by atoms with Gasteiger partial charge in [0.25, 0.3) is 0 Å². The lowest BCUT2D eigenvalue weighted by Gasteiger charge is -2.35. The summed E-state index contributed by atoms with van der Waals surface area (Å²) >= 11 is 0. The fourth-order valence-electron chi connectivity index (χ4n) is 2.04. The Morgan fingerprint density at radius 3 is 2.53 bits per heavy atom. The number of carbonyl (C=O) groups is 1. The maximum Gasteiger partial charge on any atom is 0.320 e. The molecule has 0 aromatic carbocycles. The van der Waals surface area contributed by atoms with Crippen molar-refractivity contribution >= 4 is 6.03 Å². The smallest absolute Gasteiger partial charge is 0.320 e. The maximum absolute atomic E-state index is 12.0. The van der Waals surface area contributed by atoms with Crippen LogP contribution in [0.4, 0.5) is 4.79 Å². The highest BCUT2D eigenvalue weighted by atomic mass is 16.2. The second kappa shape index (κ2) is 5.95. The van der Waals surface area contributed by atoms with E-state index in [9.17, 15) is 4.79 Å². The highest BCUT2D eigenvalue weighted by Crippen LogP contribution is 2.10. The number of piperidine rings is 1. The largest absolute Gasteiger partial charge is 0.325 e. The van der Waals surface area contributed by atoms with Gasteiger partial charge in [-0.15, -0.1) is 0 Å². The Hall–Kier alpha value is -0.770. The van der Waals surface area contributed by atoms with Gasteiger partial charge >= 0.3 is 6.03 Å². The molecular weight excluding hydrogens is 190 g/mol. The molecule has 0 bridgehead atoms. The monoisotopic (exact) mass is 213 g/mol. The Bertz CT molecular complexity index is 198. The van der Waals surface area contributed by atoms with Crippen LogP contribution in [0, 0.1) is 0 Å². The van der Waals surface area contributed by atoms with Crippen LogP contribution in [0.3, 0.4) is 0 Å². The van der Waals surface area contributed by atoms with Crippen molar-refractivity contribution in [3.63, 3.8) is 0 Å². The van der Waals surface area contributed by atoms with Crippen molar-refractivity contribution in [1.82, 2.24) is 15.1 Å². The van der Waals surface area contributed by atoms with Crippen LogP contribution in [0.5, 0.6) is 0 Å². The Morgan fingerprint density at radius 2 is 2.07 bits per heavy atom. The summed E-state index contributed by atoms with van der Waals surface area (Å²) in [6, 6.07) is 0.528. The molecule has 4 nitrogen and oxygen atoms in total. The third-order valence-corrected chi connectivity index (χ3v) is 3.15. The van der Waals surface area contributed by atoms with Crippen molar-refractivity contribution in [2.24, 2.45) is 0 Å². The van der Waals surface area contributed by atoms with Crippen molar-refractivity contribution in [2.75, 3.05) is 33.2 Å². The Kier molecular flexibility index (Phi) is 4.88. The van der Waals surface area contributed by atoms with Gasteiger partial charge in [0.2, 0.25) is 0 Å². The molecule has 15 heavy (non-hydrogen) atoms. The predicted octanol–water partition coefficient (Wildman–Crippen LogP) is 1.13. The molecule has 1 saturated heterocycles. The number of amides is 2. The summed E-state index contributed by atoms with van der Waals surface area (Å²) in [7, 11) is 1.92. The number of likely N-dealkylation sites (N-methyl/N-ethyl adjacent to an activating group) is 1. The highest BCUT2D eigenvalue weighted by molar-refractivity contribution is 5.74. The topological polar surface area (TPSA) is 35.6 Å². The molecule has 0 saturated carbocycles. The fraction of sp³-hybridized carbons (Fsp3) is 0.909. The van der Waals surface area contributed by atoms with Gasteiger partial charge in [-0.05, 0) is 33.2 Å². The molecule has 1 aliphatic rings. The summed E-state index contributed by atoms with van der Waals surface area (Å²) in [5.41, 5.74) is 0.